The van der Waals surface area contributed by atoms with Crippen molar-refractivity contribution in [1.82, 2.24) is 0 Å². The predicted octanol–water partition coefficient (Wildman–Crippen LogP) is 3.73. The summed E-state index contributed by atoms with van der Waals surface area (Å²) in [5.41, 5.74) is 0. The second kappa shape index (κ2) is 6.24. The van der Waals surface area contributed by atoms with Crippen LogP contribution >= 0.6 is 7.26 Å². The molecule has 1 heteroatoms. The molecule has 0 aliphatic heterocycles. The van der Waals surface area contributed by atoms with Gasteiger partial charge in [0.2, 0.25) is 0 Å². The van der Waals surface area contributed by atoms with E-state index >= 15 is 0 Å². The van der Waals surface area contributed by atoms with E-state index in [1.165, 1.54) is 0 Å². The first-order valence-corrected chi connectivity index (χ1v) is 8.98. The normalized spacial score (nSPS) is 16.9. The van der Waals surface area contributed by atoms with Crippen molar-refractivity contribution in [3.63, 3.8) is 0 Å². The van der Waals surface area contributed by atoms with Gasteiger partial charge >= 0.3 is 134 Å². The van der Waals surface area contributed by atoms with Crippen LogP contribution in [0.4, 0.5) is 0 Å². The van der Waals surface area contributed by atoms with Crippen LogP contribution in [0.3, 0.4) is 0 Å². The van der Waals surface area contributed by atoms with Crippen LogP contribution in [0.1, 0.15) is 13.7 Å². The van der Waals surface area contributed by atoms with Crippen LogP contribution in [0, 0.1) is 0 Å². The van der Waals surface area contributed by atoms with E-state index in [1.807, 2.05) is 91.0 Å². The van der Waals surface area contributed by atoms with E-state index in [2.05, 4.69) is 0 Å². The monoisotopic (exact) mass is 297 g/mol. The molecule has 0 radical (unpaired) electrons. The van der Waals surface area contributed by atoms with E-state index < -0.39 is 20.2 Å². The van der Waals surface area contributed by atoms with E-state index in [9.17, 15) is 0 Å². The zero-order chi connectivity index (χ0) is 18.8. The first-order chi connectivity index (χ1) is 12.3. The van der Waals surface area contributed by atoms with Crippen molar-refractivity contribution >= 4 is 23.2 Å². The van der Waals surface area contributed by atoms with E-state index in [-0.39, 0.29) is 0 Å². The molecule has 106 valence electrons. The van der Waals surface area contributed by atoms with Crippen LogP contribution in [0.5, 0.6) is 0 Å². The molecular weight excluding hydrogens is 271 g/mol. The summed E-state index contributed by atoms with van der Waals surface area (Å²) in [4.78, 5) is 0. The van der Waals surface area contributed by atoms with Crippen LogP contribution in [-0.2, 0) is 0 Å². The molecule has 0 unspecified atom stereocenters. The molecule has 21 heavy (non-hydrogen) atoms. The first-order valence-electron chi connectivity index (χ1n) is 9.48. The van der Waals surface area contributed by atoms with Gasteiger partial charge in [0, 0.05) is 0 Å². The molecule has 0 saturated heterocycles. The Morgan fingerprint density at radius 1 is 0.667 bits per heavy atom. The van der Waals surface area contributed by atoms with Crippen molar-refractivity contribution in [3.05, 3.63) is 91.0 Å². The second-order valence-corrected chi connectivity index (χ2v) is 8.46. The number of hydrogen-bond acceptors (Lipinski definition) is 0. The maximum atomic E-state index is 8.86. The minimum atomic E-state index is -3.52. The van der Waals surface area contributed by atoms with E-state index in [0.717, 1.165) is 15.9 Å². The standard InChI is InChI=1S/C20H21P/c1-2-21(18-12-6-3-7-13-18,19-14-8-4-9-15-19)20-16-10-5-11-17-20/h3-17,21H,2H2,1H3/i1D3,2D2. The Kier molecular flexibility index (Phi) is 2.73. The zero-order valence-corrected chi connectivity index (χ0v) is 12.7. The third kappa shape index (κ3) is 2.52. The zero-order valence-electron chi connectivity index (χ0n) is 16.7. The molecule has 0 bridgehead atoms. The molecule has 0 N–H and O–H groups in total. The van der Waals surface area contributed by atoms with Gasteiger partial charge in [0.25, 0.3) is 0 Å². The predicted molar refractivity (Wildman–Crippen MR) is 97.1 cm³/mol. The fourth-order valence-corrected chi connectivity index (χ4v) is 6.29. The number of hydrogen-bond donors (Lipinski definition) is 0. The van der Waals surface area contributed by atoms with Crippen molar-refractivity contribution in [2.24, 2.45) is 0 Å². The third-order valence-corrected chi connectivity index (χ3v) is 7.78. The molecular formula is C20H21P. The molecule has 0 heterocycles. The fourth-order valence-electron chi connectivity index (χ4n) is 2.78. The summed E-state index contributed by atoms with van der Waals surface area (Å²) < 4.78 is 41.8. The van der Waals surface area contributed by atoms with Crippen LogP contribution in [0.25, 0.3) is 0 Å². The number of benzene rings is 3. The van der Waals surface area contributed by atoms with E-state index in [4.69, 9.17) is 6.85 Å². The molecule has 0 aromatic heterocycles. The van der Waals surface area contributed by atoms with Gasteiger partial charge in [-0.1, -0.05) is 0 Å². The van der Waals surface area contributed by atoms with E-state index in [1.54, 1.807) is 0 Å². The third-order valence-electron chi connectivity index (χ3n) is 3.81. The molecule has 0 aliphatic carbocycles. The Morgan fingerprint density at radius 3 is 1.29 bits per heavy atom. The van der Waals surface area contributed by atoms with Gasteiger partial charge in [-0.25, -0.2) is 0 Å². The summed E-state index contributed by atoms with van der Waals surface area (Å²) >= 11 is 0. The molecule has 3 rings (SSSR count). The quantitative estimate of drug-likeness (QED) is 0.644. The molecule has 3 aromatic rings. The van der Waals surface area contributed by atoms with Crippen LogP contribution < -0.4 is 15.9 Å². The molecule has 0 spiro atoms. The molecule has 3 aromatic carbocycles. The van der Waals surface area contributed by atoms with Gasteiger partial charge in [0.05, 0.1) is 0 Å². The van der Waals surface area contributed by atoms with Gasteiger partial charge in [-0.3, -0.25) is 0 Å². The number of rotatable bonds is 4. The van der Waals surface area contributed by atoms with Gasteiger partial charge in [-0.15, -0.1) is 0 Å². The average Bonchev–Trinajstić information content (AvgIpc) is 2.64. The van der Waals surface area contributed by atoms with Gasteiger partial charge < -0.3 is 0 Å². The van der Waals surface area contributed by atoms with E-state index in [0.29, 0.717) is 0 Å². The summed E-state index contributed by atoms with van der Waals surface area (Å²) in [5, 5.41) is 2.25. The van der Waals surface area contributed by atoms with Gasteiger partial charge in [-0.2, -0.15) is 0 Å². The molecule has 0 amide bonds. The molecule has 0 atom stereocenters. The summed E-state index contributed by atoms with van der Waals surface area (Å²) in [7, 11) is -3.52. The SMILES string of the molecule is [2H]C([2H])([2H])C([2H])([2H])[PH](c1ccccc1)(c1ccccc1)c1ccccc1. The summed E-state index contributed by atoms with van der Waals surface area (Å²) in [6.45, 7) is -2.76. The van der Waals surface area contributed by atoms with Crippen molar-refractivity contribution in [1.29, 1.82) is 0 Å². The topological polar surface area (TPSA) is 0 Å². The van der Waals surface area contributed by atoms with Crippen molar-refractivity contribution in [2.45, 2.75) is 6.85 Å². The summed E-state index contributed by atoms with van der Waals surface area (Å²) in [6, 6.07) is 27.8. The maximum absolute atomic E-state index is 8.86. The minimum absolute atomic E-state index is 0.749. The Morgan fingerprint density at radius 2 is 1.00 bits per heavy atom. The van der Waals surface area contributed by atoms with Crippen molar-refractivity contribution in [2.75, 3.05) is 6.11 Å². The van der Waals surface area contributed by atoms with Gasteiger partial charge in [-0.05, 0) is 0 Å². The van der Waals surface area contributed by atoms with Gasteiger partial charge in [0.15, 0.2) is 0 Å². The fraction of sp³-hybridized carbons (Fsp3) is 0.100. The Bertz CT molecular complexity index is 749. The van der Waals surface area contributed by atoms with Crippen molar-refractivity contribution < 1.29 is 6.85 Å². The molecule has 0 saturated carbocycles. The summed E-state index contributed by atoms with van der Waals surface area (Å²) in [6.07, 6.45) is -2.40. The average molecular weight is 297 g/mol. The van der Waals surface area contributed by atoms with Crippen LogP contribution in [-0.4, -0.2) is 6.11 Å². The Labute approximate surface area is 134 Å². The second-order valence-electron chi connectivity index (χ2n) is 4.97. The van der Waals surface area contributed by atoms with Crippen molar-refractivity contribution in [3.8, 4) is 0 Å². The molecule has 0 nitrogen and oxygen atoms in total. The molecule has 0 fully saturated rings. The Hall–Kier alpha value is -1.91. The molecule has 0 aliphatic rings. The van der Waals surface area contributed by atoms with Crippen LogP contribution in [0.15, 0.2) is 91.0 Å². The first kappa shape index (κ1) is 9.18. The Balaban J connectivity index is 2.48. The van der Waals surface area contributed by atoms with Crippen LogP contribution in [0.2, 0.25) is 0 Å². The summed E-state index contributed by atoms with van der Waals surface area (Å²) in [5.74, 6) is 0. The van der Waals surface area contributed by atoms with Gasteiger partial charge in [0.1, 0.15) is 0 Å².